The van der Waals surface area contributed by atoms with E-state index in [1.165, 1.54) is 15.9 Å². The minimum Gasteiger partial charge on any atom is -0.463 e. The molecule has 2 aromatic heterocycles. The molecule has 0 unspecified atom stereocenters. The molecule has 1 aromatic carbocycles. The van der Waals surface area contributed by atoms with E-state index in [9.17, 15) is 9.59 Å². The third-order valence-electron chi connectivity index (χ3n) is 6.49. The molecular formula is C26H24BrN3O7S. The number of nitrogens with zero attached hydrogens (tertiary/aromatic N) is 3. The predicted octanol–water partition coefficient (Wildman–Crippen LogP) is 2.72. The Kier molecular flexibility index (Phi) is 6.62. The van der Waals surface area contributed by atoms with Crippen LogP contribution in [0.25, 0.3) is 6.08 Å². The topological polar surface area (TPSA) is 105 Å². The zero-order chi connectivity index (χ0) is 26.4. The van der Waals surface area contributed by atoms with Crippen LogP contribution in [0.4, 0.5) is 5.88 Å². The van der Waals surface area contributed by atoms with Crippen molar-refractivity contribution in [2.75, 3.05) is 44.6 Å². The molecule has 0 saturated carbocycles. The first-order valence-electron chi connectivity index (χ1n) is 12.2. The Hall–Kier alpha value is -3.35. The van der Waals surface area contributed by atoms with E-state index < -0.39 is 12.0 Å². The molecule has 10 nitrogen and oxygen atoms in total. The largest absolute Gasteiger partial charge is 0.463 e. The van der Waals surface area contributed by atoms with Crippen molar-refractivity contribution >= 4 is 45.2 Å². The van der Waals surface area contributed by atoms with Crippen LogP contribution in [0.1, 0.15) is 31.2 Å². The highest BCUT2D eigenvalue weighted by Crippen LogP contribution is 2.38. The highest BCUT2D eigenvalue weighted by molar-refractivity contribution is 9.10. The maximum absolute atomic E-state index is 13.8. The summed E-state index contributed by atoms with van der Waals surface area (Å²) < 4.78 is 30.7. The van der Waals surface area contributed by atoms with Gasteiger partial charge in [-0.1, -0.05) is 17.4 Å². The number of thiazole rings is 1. The van der Waals surface area contributed by atoms with E-state index in [0.717, 1.165) is 17.6 Å². The molecular weight excluding hydrogens is 578 g/mol. The zero-order valence-corrected chi connectivity index (χ0v) is 23.1. The van der Waals surface area contributed by atoms with Gasteiger partial charge in [-0.3, -0.25) is 9.36 Å². The van der Waals surface area contributed by atoms with E-state index in [1.807, 2.05) is 12.1 Å². The van der Waals surface area contributed by atoms with E-state index >= 15 is 0 Å². The second kappa shape index (κ2) is 10.1. The van der Waals surface area contributed by atoms with Gasteiger partial charge in [0, 0.05) is 25.2 Å². The fourth-order valence-electron chi connectivity index (χ4n) is 4.75. The molecule has 0 spiro atoms. The normalized spacial score (nSPS) is 19.0. The molecule has 0 radical (unpaired) electrons. The van der Waals surface area contributed by atoms with Crippen molar-refractivity contribution in [1.82, 2.24) is 4.57 Å². The lowest BCUT2D eigenvalue weighted by Gasteiger charge is -2.26. The molecule has 0 bridgehead atoms. The summed E-state index contributed by atoms with van der Waals surface area (Å²) in [5.41, 5.74) is 1.20. The number of hydrogen-bond acceptors (Lipinski definition) is 10. The molecule has 6 rings (SSSR count). The Morgan fingerprint density at radius 1 is 1.24 bits per heavy atom. The summed E-state index contributed by atoms with van der Waals surface area (Å²) >= 11 is 4.82. The van der Waals surface area contributed by atoms with Crippen molar-refractivity contribution in [3.05, 3.63) is 71.0 Å². The van der Waals surface area contributed by atoms with Crippen molar-refractivity contribution in [3.63, 3.8) is 0 Å². The van der Waals surface area contributed by atoms with Gasteiger partial charge in [0.25, 0.3) is 5.56 Å². The van der Waals surface area contributed by atoms with Crippen molar-refractivity contribution in [3.8, 4) is 11.5 Å². The summed E-state index contributed by atoms with van der Waals surface area (Å²) in [5, 5.41) is 0. The Labute approximate surface area is 229 Å². The van der Waals surface area contributed by atoms with Gasteiger partial charge >= 0.3 is 5.97 Å². The molecule has 5 heterocycles. The van der Waals surface area contributed by atoms with Crippen LogP contribution in [0.2, 0.25) is 0 Å². The van der Waals surface area contributed by atoms with Crippen LogP contribution in [0.15, 0.2) is 54.2 Å². The lowest BCUT2D eigenvalue weighted by atomic mass is 9.95. The van der Waals surface area contributed by atoms with Crippen LogP contribution >= 0.6 is 27.3 Å². The van der Waals surface area contributed by atoms with Crippen LogP contribution in [0.3, 0.4) is 0 Å². The van der Waals surface area contributed by atoms with Gasteiger partial charge < -0.3 is 28.3 Å². The van der Waals surface area contributed by atoms with Gasteiger partial charge in [0.1, 0.15) is 5.76 Å². The third kappa shape index (κ3) is 4.36. The minimum absolute atomic E-state index is 0.117. The number of halogens is 1. The van der Waals surface area contributed by atoms with E-state index in [1.54, 1.807) is 32.1 Å². The maximum atomic E-state index is 13.8. The number of fused-ring (bicyclic) bond motifs is 2. The van der Waals surface area contributed by atoms with Gasteiger partial charge in [0.15, 0.2) is 16.3 Å². The van der Waals surface area contributed by atoms with Gasteiger partial charge in [0.05, 0.1) is 46.1 Å². The van der Waals surface area contributed by atoms with Crippen LogP contribution < -0.4 is 29.3 Å². The van der Waals surface area contributed by atoms with Gasteiger partial charge in [-0.15, -0.1) is 0 Å². The van der Waals surface area contributed by atoms with Crippen molar-refractivity contribution in [2.45, 2.75) is 19.9 Å². The maximum Gasteiger partial charge on any atom is 0.338 e. The number of carbonyl (C=O) groups excluding carboxylic acids is 1. The molecule has 1 fully saturated rings. The number of benzene rings is 1. The number of ether oxygens (including phenoxy) is 4. The summed E-state index contributed by atoms with van der Waals surface area (Å²) in [6.07, 6.45) is 1.71. The van der Waals surface area contributed by atoms with Crippen LogP contribution in [-0.4, -0.2) is 50.2 Å². The fourth-order valence-corrected chi connectivity index (χ4v) is 6.33. The molecule has 198 valence electrons. The fraction of sp³-hybridized carbons (Fsp3) is 0.346. The van der Waals surface area contributed by atoms with E-state index in [0.29, 0.717) is 62.5 Å². The number of aromatic nitrogens is 1. The Morgan fingerprint density at radius 2 is 2.03 bits per heavy atom. The van der Waals surface area contributed by atoms with Crippen LogP contribution in [0.5, 0.6) is 11.5 Å². The monoisotopic (exact) mass is 601 g/mol. The van der Waals surface area contributed by atoms with E-state index in [2.05, 4.69) is 25.8 Å². The summed E-state index contributed by atoms with van der Waals surface area (Å²) in [5.74, 6) is 1.88. The Bertz CT molecular complexity index is 1630. The average molecular weight is 602 g/mol. The molecule has 1 atom stereocenters. The molecule has 0 amide bonds. The van der Waals surface area contributed by atoms with Crippen LogP contribution in [0, 0.1) is 0 Å². The zero-order valence-electron chi connectivity index (χ0n) is 20.7. The number of furan rings is 1. The summed E-state index contributed by atoms with van der Waals surface area (Å²) in [4.78, 5) is 34.1. The van der Waals surface area contributed by atoms with Crippen LogP contribution in [-0.2, 0) is 14.3 Å². The van der Waals surface area contributed by atoms with Gasteiger partial charge in [-0.2, -0.15) is 0 Å². The minimum atomic E-state index is -0.741. The number of anilines is 1. The number of allylic oxidation sites excluding steroid dienone is 1. The third-order valence-corrected chi connectivity index (χ3v) is 8.04. The number of hydrogen-bond donors (Lipinski definition) is 0. The number of esters is 1. The highest BCUT2D eigenvalue weighted by Gasteiger charge is 2.34. The average Bonchev–Trinajstić information content (AvgIpc) is 3.61. The number of rotatable bonds is 5. The van der Waals surface area contributed by atoms with E-state index in [4.69, 9.17) is 23.4 Å². The molecule has 3 aliphatic heterocycles. The molecule has 38 heavy (non-hydrogen) atoms. The first-order chi connectivity index (χ1) is 18.4. The van der Waals surface area contributed by atoms with Crippen molar-refractivity contribution in [1.29, 1.82) is 0 Å². The Morgan fingerprint density at radius 3 is 2.82 bits per heavy atom. The van der Waals surface area contributed by atoms with Gasteiger partial charge in [-0.25, -0.2) is 9.79 Å². The van der Waals surface area contributed by atoms with Crippen molar-refractivity contribution in [2.24, 2.45) is 4.99 Å². The van der Waals surface area contributed by atoms with Crippen molar-refractivity contribution < 1.29 is 28.2 Å². The van der Waals surface area contributed by atoms with Gasteiger partial charge in [-0.05, 0) is 47.5 Å². The smallest absolute Gasteiger partial charge is 0.338 e. The molecule has 12 heteroatoms. The number of carbonyl (C=O) groups is 1. The van der Waals surface area contributed by atoms with Gasteiger partial charge in [0.2, 0.25) is 12.7 Å². The Balaban J connectivity index is 1.47. The molecule has 1 saturated heterocycles. The lowest BCUT2D eigenvalue weighted by molar-refractivity contribution is -0.139. The predicted molar refractivity (Wildman–Crippen MR) is 142 cm³/mol. The first-order valence-corrected chi connectivity index (χ1v) is 13.8. The quantitative estimate of drug-likeness (QED) is 0.411. The second-order valence-corrected chi connectivity index (χ2v) is 10.7. The standard InChI is InChI=1S/C26H24BrN3O7S/c1-3-34-25(32)21-14(2)28-26-30(22(21)15-4-5-18-19(10-15)36-13-35-18)23(31)20(38-26)12-16-11-17(27)24(37-16)29-6-8-33-9-7-29/h4-5,10-12,22H,3,6-9,13H2,1-2H3/b20-12+/t22-/m0/s1. The molecule has 0 aliphatic carbocycles. The SMILES string of the molecule is CCOC(=O)C1=C(C)N=c2s/c(=C/c3cc(Br)c(N4CCOCC4)o3)c(=O)n2[C@H]1c1ccc2c(c1)OCO2. The lowest BCUT2D eigenvalue weighted by Crippen LogP contribution is -2.39. The molecule has 3 aromatic rings. The first kappa shape index (κ1) is 25.0. The highest BCUT2D eigenvalue weighted by atomic mass is 79.9. The van der Waals surface area contributed by atoms with E-state index in [-0.39, 0.29) is 19.0 Å². The number of morpholine rings is 1. The second-order valence-electron chi connectivity index (χ2n) is 8.82. The molecule has 0 N–H and O–H groups in total. The summed E-state index contributed by atoms with van der Waals surface area (Å²) in [6.45, 7) is 6.51. The summed E-state index contributed by atoms with van der Waals surface area (Å²) in [7, 11) is 0. The molecule has 3 aliphatic rings. The summed E-state index contributed by atoms with van der Waals surface area (Å²) in [6, 6.07) is 6.49.